The third kappa shape index (κ3) is 2.76. The molecule has 2 aliphatic carbocycles. The van der Waals surface area contributed by atoms with Gasteiger partial charge in [-0.1, -0.05) is 19.3 Å². The first kappa shape index (κ1) is 12.3. The number of hydrogen-bond acceptors (Lipinski definition) is 3. The number of ether oxygens (including phenoxy) is 1. The van der Waals surface area contributed by atoms with Crippen molar-refractivity contribution in [2.45, 2.75) is 56.6 Å². The Morgan fingerprint density at radius 1 is 1.19 bits per heavy atom. The third-order valence-corrected chi connectivity index (χ3v) is 4.27. The molecule has 3 nitrogen and oxygen atoms in total. The van der Waals surface area contributed by atoms with Gasteiger partial charge in [0.15, 0.2) is 0 Å². The summed E-state index contributed by atoms with van der Waals surface area (Å²) in [6.45, 7) is 0.871. The van der Waals surface area contributed by atoms with Crippen molar-refractivity contribution in [2.75, 3.05) is 20.3 Å². The van der Waals surface area contributed by atoms with Gasteiger partial charge in [0, 0.05) is 0 Å². The number of rotatable bonds is 6. The van der Waals surface area contributed by atoms with Gasteiger partial charge < -0.3 is 15.2 Å². The molecule has 1 unspecified atom stereocenters. The van der Waals surface area contributed by atoms with Crippen LogP contribution in [0.2, 0.25) is 0 Å². The molecule has 1 atom stereocenters. The summed E-state index contributed by atoms with van der Waals surface area (Å²) in [5.41, 5.74) is -0.169. The Morgan fingerprint density at radius 3 is 2.38 bits per heavy atom. The van der Waals surface area contributed by atoms with Crippen molar-refractivity contribution in [1.82, 2.24) is 5.32 Å². The highest BCUT2D eigenvalue weighted by molar-refractivity contribution is 5.00. The van der Waals surface area contributed by atoms with E-state index in [2.05, 4.69) is 5.32 Å². The summed E-state index contributed by atoms with van der Waals surface area (Å²) < 4.78 is 6.01. The maximum absolute atomic E-state index is 9.57. The molecule has 0 aliphatic heterocycles. The van der Waals surface area contributed by atoms with Crippen LogP contribution in [0, 0.1) is 5.92 Å². The Morgan fingerprint density at radius 2 is 1.88 bits per heavy atom. The van der Waals surface area contributed by atoms with Gasteiger partial charge in [-0.05, 0) is 38.6 Å². The van der Waals surface area contributed by atoms with Crippen LogP contribution in [-0.2, 0) is 4.74 Å². The molecule has 0 aromatic rings. The molecule has 2 aliphatic rings. The van der Waals surface area contributed by atoms with E-state index < -0.39 is 0 Å². The van der Waals surface area contributed by atoms with Crippen LogP contribution in [0.15, 0.2) is 0 Å². The maximum atomic E-state index is 9.57. The van der Waals surface area contributed by atoms with Crippen LogP contribution in [0.25, 0.3) is 0 Å². The predicted octanol–water partition coefficient (Wildman–Crippen LogP) is 1.70. The van der Waals surface area contributed by atoms with Crippen LogP contribution in [0.5, 0.6) is 0 Å². The predicted molar refractivity (Wildman–Crippen MR) is 64.4 cm³/mol. The van der Waals surface area contributed by atoms with Gasteiger partial charge in [-0.25, -0.2) is 0 Å². The van der Waals surface area contributed by atoms with Gasteiger partial charge in [0.2, 0.25) is 0 Å². The van der Waals surface area contributed by atoms with Crippen LogP contribution in [0.4, 0.5) is 0 Å². The van der Waals surface area contributed by atoms with E-state index in [1.807, 2.05) is 7.05 Å². The Balaban J connectivity index is 1.80. The molecular weight excluding hydrogens is 202 g/mol. The lowest BCUT2D eigenvalue weighted by atomic mass is 9.94. The number of aliphatic hydroxyl groups is 1. The highest BCUT2D eigenvalue weighted by Gasteiger charge is 2.44. The summed E-state index contributed by atoms with van der Waals surface area (Å²) in [6, 6.07) is 0. The number of likely N-dealkylation sites (N-methyl/N-ethyl adjacent to an activating group) is 1. The van der Waals surface area contributed by atoms with Gasteiger partial charge in [0.1, 0.15) is 0 Å². The summed E-state index contributed by atoms with van der Waals surface area (Å²) in [5, 5.41) is 12.9. The first-order valence-corrected chi connectivity index (χ1v) is 6.72. The molecule has 2 rings (SSSR count). The molecule has 16 heavy (non-hydrogen) atoms. The van der Waals surface area contributed by atoms with Crippen molar-refractivity contribution in [3.63, 3.8) is 0 Å². The van der Waals surface area contributed by atoms with Crippen molar-refractivity contribution < 1.29 is 9.84 Å². The first-order chi connectivity index (χ1) is 7.80. The second-order valence-corrected chi connectivity index (χ2v) is 5.41. The highest BCUT2D eigenvalue weighted by atomic mass is 16.5. The fraction of sp³-hybridized carbons (Fsp3) is 1.00. The van der Waals surface area contributed by atoms with E-state index in [9.17, 15) is 5.11 Å². The molecule has 0 heterocycles. The normalized spacial score (nSPS) is 26.6. The van der Waals surface area contributed by atoms with Crippen molar-refractivity contribution >= 4 is 0 Å². The largest absolute Gasteiger partial charge is 0.394 e. The minimum absolute atomic E-state index is 0.169. The van der Waals surface area contributed by atoms with Crippen molar-refractivity contribution in [1.29, 1.82) is 0 Å². The monoisotopic (exact) mass is 227 g/mol. The molecule has 2 N–H and O–H groups in total. The summed E-state index contributed by atoms with van der Waals surface area (Å²) in [6.07, 6.45) is 9.28. The zero-order valence-corrected chi connectivity index (χ0v) is 10.4. The van der Waals surface area contributed by atoms with E-state index in [1.54, 1.807) is 0 Å². The highest BCUT2D eigenvalue weighted by Crippen LogP contribution is 2.40. The fourth-order valence-electron chi connectivity index (χ4n) is 2.78. The SMILES string of the molecule is CNC(CO)(COC1CCCCC1)C1CC1. The van der Waals surface area contributed by atoms with Crippen LogP contribution >= 0.6 is 0 Å². The molecule has 0 aromatic heterocycles. The Bertz CT molecular complexity index is 206. The van der Waals surface area contributed by atoms with E-state index in [-0.39, 0.29) is 12.1 Å². The molecule has 0 radical (unpaired) electrons. The van der Waals surface area contributed by atoms with Crippen molar-refractivity contribution in [3.05, 3.63) is 0 Å². The van der Waals surface area contributed by atoms with Gasteiger partial charge in [0.05, 0.1) is 24.9 Å². The van der Waals surface area contributed by atoms with E-state index in [4.69, 9.17) is 4.74 Å². The lowest BCUT2D eigenvalue weighted by molar-refractivity contribution is -0.0291. The third-order valence-electron chi connectivity index (χ3n) is 4.27. The maximum Gasteiger partial charge on any atom is 0.0677 e. The van der Waals surface area contributed by atoms with Crippen LogP contribution in [0.1, 0.15) is 44.9 Å². The summed E-state index contributed by atoms with van der Waals surface area (Å²) in [5.74, 6) is 0.617. The Kier molecular flexibility index (Phi) is 4.22. The van der Waals surface area contributed by atoms with E-state index >= 15 is 0 Å². The van der Waals surface area contributed by atoms with Crippen LogP contribution in [-0.4, -0.2) is 37.0 Å². The minimum Gasteiger partial charge on any atom is -0.394 e. The Labute approximate surface area is 98.6 Å². The minimum atomic E-state index is -0.169. The number of aliphatic hydroxyl groups excluding tert-OH is 1. The lowest BCUT2D eigenvalue weighted by Crippen LogP contribution is -2.53. The molecule has 0 spiro atoms. The van der Waals surface area contributed by atoms with Gasteiger partial charge >= 0.3 is 0 Å². The molecule has 0 amide bonds. The molecular formula is C13H25NO2. The average Bonchev–Trinajstić information content (AvgIpc) is 3.17. The topological polar surface area (TPSA) is 41.5 Å². The van der Waals surface area contributed by atoms with E-state index in [0.717, 1.165) is 0 Å². The number of nitrogens with one attached hydrogen (secondary N) is 1. The van der Waals surface area contributed by atoms with E-state index in [1.165, 1.54) is 44.9 Å². The molecule has 0 bridgehead atoms. The molecule has 2 fully saturated rings. The van der Waals surface area contributed by atoms with Crippen molar-refractivity contribution in [3.8, 4) is 0 Å². The van der Waals surface area contributed by atoms with Gasteiger partial charge in [-0.15, -0.1) is 0 Å². The van der Waals surface area contributed by atoms with E-state index in [0.29, 0.717) is 18.6 Å². The zero-order valence-electron chi connectivity index (χ0n) is 10.4. The second kappa shape index (κ2) is 5.48. The van der Waals surface area contributed by atoms with Gasteiger partial charge in [0.25, 0.3) is 0 Å². The standard InChI is InChI=1S/C13H25NO2/c1-14-13(9-15,11-7-8-11)10-16-12-5-3-2-4-6-12/h11-12,14-15H,2-10H2,1H3. The summed E-state index contributed by atoms with van der Waals surface area (Å²) >= 11 is 0. The second-order valence-electron chi connectivity index (χ2n) is 5.41. The molecule has 2 saturated carbocycles. The Hall–Kier alpha value is -0.120. The quantitative estimate of drug-likeness (QED) is 0.725. The average molecular weight is 227 g/mol. The van der Waals surface area contributed by atoms with Crippen molar-refractivity contribution in [2.24, 2.45) is 5.92 Å². The fourth-order valence-corrected chi connectivity index (χ4v) is 2.78. The van der Waals surface area contributed by atoms with Gasteiger partial charge in [-0.2, -0.15) is 0 Å². The zero-order chi connectivity index (χ0) is 11.4. The smallest absolute Gasteiger partial charge is 0.0677 e. The van der Waals surface area contributed by atoms with Crippen LogP contribution < -0.4 is 5.32 Å². The molecule has 0 saturated heterocycles. The molecule has 0 aromatic carbocycles. The summed E-state index contributed by atoms with van der Waals surface area (Å²) in [7, 11) is 1.94. The van der Waals surface area contributed by atoms with Crippen LogP contribution in [0.3, 0.4) is 0 Å². The molecule has 3 heteroatoms. The molecule has 94 valence electrons. The lowest BCUT2D eigenvalue weighted by Gasteiger charge is -2.34. The first-order valence-electron chi connectivity index (χ1n) is 6.72. The number of hydrogen-bond donors (Lipinski definition) is 2. The van der Waals surface area contributed by atoms with Gasteiger partial charge in [-0.3, -0.25) is 0 Å². The summed E-state index contributed by atoms with van der Waals surface area (Å²) in [4.78, 5) is 0.